The minimum atomic E-state index is -1.52. The summed E-state index contributed by atoms with van der Waals surface area (Å²) >= 11 is 0. The van der Waals surface area contributed by atoms with Crippen LogP contribution in [0.1, 0.15) is 15.9 Å². The molecule has 3 N–H and O–H groups in total. The van der Waals surface area contributed by atoms with E-state index in [9.17, 15) is 14.0 Å². The summed E-state index contributed by atoms with van der Waals surface area (Å²) in [5.41, 5.74) is -0.665. The van der Waals surface area contributed by atoms with E-state index >= 15 is 0 Å². The third kappa shape index (κ3) is 2.43. The normalized spacial score (nSPS) is 9.93. The SMILES string of the molecule is O=C(O)Cc1cc(F)c(O)c(C(=O)O)c1. The molecular formula is C9H7FO5. The van der Waals surface area contributed by atoms with Gasteiger partial charge in [-0.1, -0.05) is 0 Å². The lowest BCUT2D eigenvalue weighted by Gasteiger charge is -2.03. The van der Waals surface area contributed by atoms with Gasteiger partial charge in [-0.3, -0.25) is 4.79 Å². The molecule has 0 amide bonds. The number of carbonyl (C=O) groups is 2. The van der Waals surface area contributed by atoms with Crippen LogP contribution in [0.2, 0.25) is 0 Å². The van der Waals surface area contributed by atoms with E-state index in [0.717, 1.165) is 12.1 Å². The van der Waals surface area contributed by atoms with Crippen molar-refractivity contribution in [2.24, 2.45) is 0 Å². The van der Waals surface area contributed by atoms with E-state index in [1.54, 1.807) is 0 Å². The van der Waals surface area contributed by atoms with Crippen molar-refractivity contribution in [1.82, 2.24) is 0 Å². The maximum atomic E-state index is 12.9. The van der Waals surface area contributed by atoms with Crippen molar-refractivity contribution in [2.45, 2.75) is 6.42 Å². The number of aromatic hydroxyl groups is 1. The molecule has 15 heavy (non-hydrogen) atoms. The van der Waals surface area contributed by atoms with E-state index in [0.29, 0.717) is 0 Å². The van der Waals surface area contributed by atoms with Gasteiger partial charge in [0.15, 0.2) is 11.6 Å². The van der Waals surface area contributed by atoms with E-state index in [-0.39, 0.29) is 5.56 Å². The third-order valence-corrected chi connectivity index (χ3v) is 1.71. The number of hydrogen-bond donors (Lipinski definition) is 3. The van der Waals surface area contributed by atoms with Crippen molar-refractivity contribution in [1.29, 1.82) is 0 Å². The zero-order valence-corrected chi connectivity index (χ0v) is 7.40. The molecule has 1 rings (SSSR count). The molecule has 0 saturated heterocycles. The molecule has 0 atom stereocenters. The number of carboxylic acids is 2. The van der Waals surface area contributed by atoms with Crippen LogP contribution in [0.25, 0.3) is 0 Å². The first-order valence-electron chi connectivity index (χ1n) is 3.88. The number of benzene rings is 1. The van der Waals surface area contributed by atoms with Crippen LogP contribution >= 0.6 is 0 Å². The quantitative estimate of drug-likeness (QED) is 0.693. The van der Waals surface area contributed by atoms with Gasteiger partial charge in [0.05, 0.1) is 6.42 Å². The molecule has 0 unspecified atom stereocenters. The standard InChI is InChI=1S/C9H7FO5/c10-6-2-4(3-7(11)12)1-5(8(6)13)9(14)15/h1-2,13H,3H2,(H,11,12)(H,14,15). The molecule has 5 nitrogen and oxygen atoms in total. The fourth-order valence-corrected chi connectivity index (χ4v) is 1.09. The number of aromatic carboxylic acids is 1. The predicted octanol–water partition coefficient (Wildman–Crippen LogP) is 0.857. The van der Waals surface area contributed by atoms with Crippen LogP contribution in [0, 0.1) is 5.82 Å². The number of carboxylic acid groups (broad SMARTS) is 2. The number of halogens is 1. The average molecular weight is 214 g/mol. The number of phenols is 1. The highest BCUT2D eigenvalue weighted by Crippen LogP contribution is 2.23. The molecule has 0 saturated carbocycles. The van der Waals surface area contributed by atoms with Gasteiger partial charge in [-0.05, 0) is 17.7 Å². The van der Waals surface area contributed by atoms with Crippen LogP contribution in [0.3, 0.4) is 0 Å². The van der Waals surface area contributed by atoms with Crippen LogP contribution in [-0.4, -0.2) is 27.3 Å². The van der Waals surface area contributed by atoms with E-state index < -0.39 is 35.5 Å². The largest absolute Gasteiger partial charge is 0.504 e. The van der Waals surface area contributed by atoms with E-state index in [1.807, 2.05) is 0 Å². The highest BCUT2D eigenvalue weighted by Gasteiger charge is 2.16. The molecule has 0 radical (unpaired) electrons. The van der Waals surface area contributed by atoms with Crippen molar-refractivity contribution < 1.29 is 29.3 Å². The summed E-state index contributed by atoms with van der Waals surface area (Å²) in [6.45, 7) is 0. The first kappa shape index (κ1) is 11.0. The third-order valence-electron chi connectivity index (χ3n) is 1.71. The fourth-order valence-electron chi connectivity index (χ4n) is 1.09. The molecule has 0 heterocycles. The minimum Gasteiger partial charge on any atom is -0.504 e. The molecule has 0 fully saturated rings. The van der Waals surface area contributed by atoms with Gasteiger partial charge in [-0.2, -0.15) is 0 Å². The molecule has 1 aromatic carbocycles. The van der Waals surface area contributed by atoms with Crippen LogP contribution < -0.4 is 0 Å². The van der Waals surface area contributed by atoms with Crippen molar-refractivity contribution in [2.75, 3.05) is 0 Å². The highest BCUT2D eigenvalue weighted by molar-refractivity contribution is 5.91. The Hall–Kier alpha value is -2.11. The van der Waals surface area contributed by atoms with E-state index in [1.165, 1.54) is 0 Å². The van der Waals surface area contributed by atoms with Crippen molar-refractivity contribution in [3.05, 3.63) is 29.1 Å². The van der Waals surface area contributed by atoms with Gasteiger partial charge in [0, 0.05) is 0 Å². The minimum absolute atomic E-state index is 0.0183. The lowest BCUT2D eigenvalue weighted by atomic mass is 10.1. The fraction of sp³-hybridized carbons (Fsp3) is 0.111. The van der Waals surface area contributed by atoms with Gasteiger partial charge < -0.3 is 15.3 Å². The van der Waals surface area contributed by atoms with Crippen LogP contribution in [0.4, 0.5) is 4.39 Å². The average Bonchev–Trinajstić information content (AvgIpc) is 2.09. The van der Waals surface area contributed by atoms with Crippen LogP contribution in [-0.2, 0) is 11.2 Å². The summed E-state index contributed by atoms with van der Waals surface area (Å²) in [5, 5.41) is 26.0. The van der Waals surface area contributed by atoms with Crippen LogP contribution in [0.15, 0.2) is 12.1 Å². The topological polar surface area (TPSA) is 94.8 Å². The van der Waals surface area contributed by atoms with Gasteiger partial charge in [-0.25, -0.2) is 9.18 Å². The molecule has 80 valence electrons. The molecule has 0 aliphatic heterocycles. The zero-order chi connectivity index (χ0) is 11.6. The molecule has 0 spiro atoms. The van der Waals surface area contributed by atoms with Gasteiger partial charge in [0.1, 0.15) is 5.56 Å². The smallest absolute Gasteiger partial charge is 0.339 e. The summed E-state index contributed by atoms with van der Waals surface area (Å²) in [5.74, 6) is -4.86. The van der Waals surface area contributed by atoms with E-state index in [2.05, 4.69) is 0 Å². The molecule has 0 aliphatic carbocycles. The van der Waals surface area contributed by atoms with Gasteiger partial charge in [0.2, 0.25) is 0 Å². The second-order valence-electron chi connectivity index (χ2n) is 2.85. The summed E-state index contributed by atoms with van der Waals surface area (Å²) in [6, 6.07) is 1.71. The second-order valence-corrected chi connectivity index (χ2v) is 2.85. The Morgan fingerprint density at radius 3 is 2.33 bits per heavy atom. The summed E-state index contributed by atoms with van der Waals surface area (Å²) in [7, 11) is 0. The van der Waals surface area contributed by atoms with Gasteiger partial charge in [-0.15, -0.1) is 0 Å². The summed E-state index contributed by atoms with van der Waals surface area (Å²) < 4.78 is 12.9. The summed E-state index contributed by atoms with van der Waals surface area (Å²) in [6.07, 6.45) is -0.502. The number of hydrogen-bond acceptors (Lipinski definition) is 3. The van der Waals surface area contributed by atoms with E-state index in [4.69, 9.17) is 15.3 Å². The maximum Gasteiger partial charge on any atom is 0.339 e. The van der Waals surface area contributed by atoms with Gasteiger partial charge >= 0.3 is 11.9 Å². The first-order valence-corrected chi connectivity index (χ1v) is 3.88. The monoisotopic (exact) mass is 214 g/mol. The first-order chi connectivity index (χ1) is 6.91. The Morgan fingerprint density at radius 1 is 1.27 bits per heavy atom. The molecule has 6 heteroatoms. The second kappa shape index (κ2) is 3.95. The Kier molecular flexibility index (Phi) is 2.89. The predicted molar refractivity (Wildman–Crippen MR) is 46.4 cm³/mol. The molecule has 0 aromatic heterocycles. The maximum absolute atomic E-state index is 12.9. The number of aliphatic carboxylic acids is 1. The van der Waals surface area contributed by atoms with Crippen molar-refractivity contribution in [3.63, 3.8) is 0 Å². The molecule has 0 aliphatic rings. The van der Waals surface area contributed by atoms with Gasteiger partial charge in [0.25, 0.3) is 0 Å². The number of rotatable bonds is 3. The zero-order valence-electron chi connectivity index (χ0n) is 7.40. The summed E-state index contributed by atoms with van der Waals surface area (Å²) in [4.78, 5) is 20.9. The molecule has 0 bridgehead atoms. The lowest BCUT2D eigenvalue weighted by Crippen LogP contribution is -2.04. The Morgan fingerprint density at radius 2 is 1.87 bits per heavy atom. The Bertz CT molecular complexity index is 427. The molecular weight excluding hydrogens is 207 g/mol. The van der Waals surface area contributed by atoms with Crippen molar-refractivity contribution in [3.8, 4) is 5.75 Å². The van der Waals surface area contributed by atoms with Crippen molar-refractivity contribution >= 4 is 11.9 Å². The Balaban J connectivity index is 3.23. The Labute approximate surface area is 83.4 Å². The van der Waals surface area contributed by atoms with Crippen LogP contribution in [0.5, 0.6) is 5.75 Å². The lowest BCUT2D eigenvalue weighted by molar-refractivity contribution is -0.136. The highest BCUT2D eigenvalue weighted by atomic mass is 19.1. The molecule has 1 aromatic rings.